The second-order valence-electron chi connectivity index (χ2n) is 17.4. The van der Waals surface area contributed by atoms with E-state index >= 15 is 0 Å². The molecule has 0 atom stereocenters. The van der Waals surface area contributed by atoms with Crippen LogP contribution in [0.2, 0.25) is 0 Å². The normalized spacial score (nSPS) is 10.4. The Morgan fingerprint density at radius 1 is 0.104 bits per heavy atom. The second-order valence-corrected chi connectivity index (χ2v) is 26.2. The van der Waals surface area contributed by atoms with Crippen LogP contribution in [0.3, 0.4) is 0 Å². The van der Waals surface area contributed by atoms with Gasteiger partial charge in [0.25, 0.3) is 0 Å². The molecule has 77 heavy (non-hydrogen) atoms. The van der Waals surface area contributed by atoms with Crippen molar-refractivity contribution in [2.45, 2.75) is 0 Å². The molecule has 0 amide bonds. The predicted octanol–water partition coefficient (Wildman–Crippen LogP) is 13.2. The number of benzene rings is 12. The smallest absolute Gasteiger partial charge is 0.0134 e. The van der Waals surface area contributed by atoms with E-state index in [1.165, 1.54) is 63.7 Å². The quantitative estimate of drug-likeness (QED) is 0.0845. The standard InChI is InChI=1S/4C18H15P.Ru.2H/c4*1-4-10-16(11-5-1)19(17-12-6-2-7-13-17)18-14-8-3-9-15-18;;;/h4*1-15H;;;/q;;;;+2;;. The first-order valence-electron chi connectivity index (χ1n) is 25.6. The monoisotopic (exact) mass is 1150 g/mol. The Balaban J connectivity index is 0.000000135. The van der Waals surface area contributed by atoms with Crippen molar-refractivity contribution in [2.75, 3.05) is 0 Å². The van der Waals surface area contributed by atoms with Gasteiger partial charge in [-0.15, -0.1) is 0 Å². The maximum absolute atomic E-state index is 2.23. The molecule has 0 fully saturated rings. The number of hydrogen-bond acceptors (Lipinski definition) is 0. The maximum atomic E-state index is 2.23. The van der Waals surface area contributed by atoms with E-state index in [0.717, 1.165) is 0 Å². The van der Waals surface area contributed by atoms with Crippen molar-refractivity contribution >= 4 is 95.3 Å². The van der Waals surface area contributed by atoms with E-state index in [0.29, 0.717) is 0 Å². The van der Waals surface area contributed by atoms with Gasteiger partial charge in [-0.2, -0.15) is 0 Å². The first kappa shape index (κ1) is 56.2. The van der Waals surface area contributed by atoms with E-state index in [1.807, 2.05) is 0 Å². The fraction of sp³-hybridized carbons (Fsp3) is 0. The van der Waals surface area contributed by atoms with Crippen molar-refractivity contribution < 1.29 is 19.5 Å². The molecule has 0 aliphatic carbocycles. The van der Waals surface area contributed by atoms with Crippen molar-refractivity contribution in [1.82, 2.24) is 0 Å². The van der Waals surface area contributed by atoms with Crippen LogP contribution >= 0.6 is 31.7 Å². The number of hydrogen-bond donors (Lipinski definition) is 0. The van der Waals surface area contributed by atoms with E-state index in [-0.39, 0.29) is 19.5 Å². The zero-order chi connectivity index (χ0) is 51.7. The molecule has 12 rings (SSSR count). The average Bonchev–Trinajstić information content (AvgIpc) is 3.51. The summed E-state index contributed by atoms with van der Waals surface area (Å²) >= 11 is 0. The first-order valence-corrected chi connectivity index (χ1v) is 31.0. The minimum Gasteiger partial charge on any atom is -0.0622 e. The van der Waals surface area contributed by atoms with Crippen molar-refractivity contribution in [3.8, 4) is 0 Å². The summed E-state index contributed by atoms with van der Waals surface area (Å²) in [5.41, 5.74) is 0. The zero-order valence-corrected chi connectivity index (χ0v) is 48.4. The zero-order valence-electron chi connectivity index (χ0n) is 42.8. The van der Waals surface area contributed by atoms with Crippen LogP contribution in [0.15, 0.2) is 364 Å². The Morgan fingerprint density at radius 2 is 0.169 bits per heavy atom. The molecular formula is C72H62P4Ru+2. The van der Waals surface area contributed by atoms with Crippen LogP contribution in [0.4, 0.5) is 0 Å². The molecule has 376 valence electrons. The van der Waals surface area contributed by atoms with Crippen LogP contribution in [0.1, 0.15) is 0 Å². The molecule has 0 saturated heterocycles. The van der Waals surface area contributed by atoms with Gasteiger partial charge >= 0.3 is 19.5 Å². The van der Waals surface area contributed by atoms with Gasteiger partial charge in [0.2, 0.25) is 0 Å². The first-order chi connectivity index (χ1) is 37.8. The van der Waals surface area contributed by atoms with E-state index in [4.69, 9.17) is 0 Å². The van der Waals surface area contributed by atoms with E-state index < -0.39 is 31.7 Å². The van der Waals surface area contributed by atoms with Gasteiger partial charge in [0.15, 0.2) is 0 Å². The molecule has 0 radical (unpaired) electrons. The Morgan fingerprint density at radius 3 is 0.234 bits per heavy atom. The van der Waals surface area contributed by atoms with Crippen LogP contribution in [0.5, 0.6) is 0 Å². The summed E-state index contributed by atoms with van der Waals surface area (Å²) in [4.78, 5) is 0. The molecule has 0 nitrogen and oxygen atoms in total. The Bertz CT molecular complexity index is 2580. The summed E-state index contributed by atoms with van der Waals surface area (Å²) in [6.45, 7) is 0. The summed E-state index contributed by atoms with van der Waals surface area (Å²) in [6, 6.07) is 129. The largest absolute Gasteiger partial charge is 0.0622 e. The van der Waals surface area contributed by atoms with Crippen LogP contribution in [-0.4, -0.2) is 0 Å². The van der Waals surface area contributed by atoms with Gasteiger partial charge in [-0.1, -0.05) is 364 Å². The number of rotatable bonds is 12. The topological polar surface area (TPSA) is 0 Å². The molecule has 0 saturated carbocycles. The van der Waals surface area contributed by atoms with Crippen molar-refractivity contribution in [2.24, 2.45) is 0 Å². The Hall–Kier alpha value is -7.02. The third-order valence-corrected chi connectivity index (χ3v) is 21.9. The summed E-state index contributed by atoms with van der Waals surface area (Å²) < 4.78 is 0. The Kier molecular flexibility index (Phi) is 22.8. The third kappa shape index (κ3) is 16.5. The van der Waals surface area contributed by atoms with Crippen LogP contribution in [0.25, 0.3) is 0 Å². The molecule has 12 aromatic rings. The maximum Gasteiger partial charge on any atom is -0.0134 e. The fourth-order valence-corrected chi connectivity index (χ4v) is 17.9. The molecule has 0 N–H and O–H groups in total. The predicted molar refractivity (Wildman–Crippen MR) is 343 cm³/mol. The van der Waals surface area contributed by atoms with Gasteiger partial charge in [0.05, 0.1) is 0 Å². The molecule has 0 heterocycles. The fourth-order valence-electron chi connectivity index (χ4n) is 8.71. The van der Waals surface area contributed by atoms with Gasteiger partial charge < -0.3 is 0 Å². The minimum atomic E-state index is -0.446. The Labute approximate surface area is 475 Å². The van der Waals surface area contributed by atoms with E-state index in [9.17, 15) is 0 Å². The molecule has 0 aliphatic heterocycles. The average molecular weight is 1150 g/mol. The molecular weight excluding hydrogens is 1090 g/mol. The van der Waals surface area contributed by atoms with Gasteiger partial charge in [0.1, 0.15) is 0 Å². The SMILES string of the molecule is [RuH2+2].c1ccc(P(c2ccccc2)c2ccccc2)cc1.c1ccc(P(c2ccccc2)c2ccccc2)cc1.c1ccc(P(c2ccccc2)c2ccccc2)cc1.c1ccc(P(c2ccccc2)c2ccccc2)cc1. The molecule has 0 aromatic heterocycles. The second kappa shape index (κ2) is 31.3. The molecule has 0 unspecified atom stereocenters. The van der Waals surface area contributed by atoms with Crippen molar-refractivity contribution in [3.05, 3.63) is 364 Å². The summed E-state index contributed by atoms with van der Waals surface area (Å²) in [6.07, 6.45) is 0. The molecule has 0 bridgehead atoms. The molecule has 0 aliphatic rings. The van der Waals surface area contributed by atoms with Gasteiger partial charge in [-0.3, -0.25) is 0 Å². The van der Waals surface area contributed by atoms with Gasteiger partial charge in [-0.25, -0.2) is 0 Å². The van der Waals surface area contributed by atoms with Gasteiger partial charge in [-0.05, 0) is 95.3 Å². The molecule has 12 aromatic carbocycles. The van der Waals surface area contributed by atoms with Crippen LogP contribution < -0.4 is 63.7 Å². The molecule has 0 spiro atoms. The minimum absolute atomic E-state index is 0. The van der Waals surface area contributed by atoms with E-state index in [2.05, 4.69) is 364 Å². The van der Waals surface area contributed by atoms with E-state index in [1.54, 1.807) is 0 Å². The third-order valence-electron chi connectivity index (χ3n) is 12.2. The summed E-state index contributed by atoms with van der Waals surface area (Å²) in [5, 5.41) is 16.8. The molecule has 5 heteroatoms. The van der Waals surface area contributed by atoms with Gasteiger partial charge in [0, 0.05) is 0 Å². The summed E-state index contributed by atoms with van der Waals surface area (Å²) in [5.74, 6) is 0. The van der Waals surface area contributed by atoms with Crippen molar-refractivity contribution in [3.63, 3.8) is 0 Å². The van der Waals surface area contributed by atoms with Crippen molar-refractivity contribution in [1.29, 1.82) is 0 Å². The van der Waals surface area contributed by atoms with Crippen LogP contribution in [0, 0.1) is 0 Å². The van der Waals surface area contributed by atoms with Crippen LogP contribution in [-0.2, 0) is 19.5 Å². The summed E-state index contributed by atoms with van der Waals surface area (Å²) in [7, 11) is -1.78.